The average molecular weight is 319 g/mol. The number of nitrogens with one attached hydrogen (secondary N) is 1. The number of Topliss-reactive ketones (excluding diaryl/α,β-unsaturated/α-hetero) is 1. The number of aliphatic imine (C=N–C) groups is 1. The molecule has 0 bridgehead atoms. The molecule has 0 spiro atoms. The minimum atomic E-state index is -0.162. The molecule has 0 amide bonds. The van der Waals surface area contributed by atoms with Crippen molar-refractivity contribution in [2.45, 2.75) is 13.8 Å². The monoisotopic (exact) mass is 319 g/mol. The van der Waals surface area contributed by atoms with Crippen LogP contribution >= 0.6 is 0 Å². The second-order valence-electron chi connectivity index (χ2n) is 5.49. The zero-order chi connectivity index (χ0) is 17.1. The fraction of sp³-hybridized carbons (Fsp3) is 0.105. The first kappa shape index (κ1) is 15.7. The standard InChI is InChI=1S/C19H17N3O2/c1-13-18(12-20-16-8-6-7-15(11-16)14(2)23)19(24)22(21-13)17-9-4-3-5-10-17/h3-12,21H,1-2H3. The number of ketones is 1. The first-order valence-corrected chi connectivity index (χ1v) is 7.58. The van der Waals surface area contributed by atoms with E-state index in [4.69, 9.17) is 0 Å². The molecule has 0 saturated heterocycles. The van der Waals surface area contributed by atoms with Gasteiger partial charge in [-0.15, -0.1) is 0 Å². The van der Waals surface area contributed by atoms with Crippen LogP contribution < -0.4 is 5.56 Å². The topological polar surface area (TPSA) is 67.2 Å². The number of para-hydroxylation sites is 1. The van der Waals surface area contributed by atoms with Gasteiger partial charge in [-0.2, -0.15) is 0 Å². The Morgan fingerprint density at radius 3 is 2.58 bits per heavy atom. The molecular formula is C19H17N3O2. The van der Waals surface area contributed by atoms with Gasteiger partial charge in [0.2, 0.25) is 0 Å². The van der Waals surface area contributed by atoms with Gasteiger partial charge in [0.05, 0.1) is 16.9 Å². The summed E-state index contributed by atoms with van der Waals surface area (Å²) in [4.78, 5) is 28.3. The molecule has 1 heterocycles. The van der Waals surface area contributed by atoms with E-state index in [0.29, 0.717) is 16.8 Å². The number of carbonyl (C=O) groups excluding carboxylic acids is 1. The smallest absolute Gasteiger partial charge is 0.280 e. The number of rotatable bonds is 4. The van der Waals surface area contributed by atoms with Crippen LogP contribution in [0.25, 0.3) is 5.69 Å². The molecule has 0 unspecified atom stereocenters. The summed E-state index contributed by atoms with van der Waals surface area (Å²) in [5.41, 5.74) is 3.06. The number of hydrogen-bond donors (Lipinski definition) is 1. The third-order valence-corrected chi connectivity index (χ3v) is 3.73. The third kappa shape index (κ3) is 3.10. The summed E-state index contributed by atoms with van der Waals surface area (Å²) >= 11 is 0. The van der Waals surface area contributed by atoms with Gasteiger partial charge in [-0.05, 0) is 38.1 Å². The maximum Gasteiger partial charge on any atom is 0.280 e. The minimum absolute atomic E-state index is 0.0173. The van der Waals surface area contributed by atoms with E-state index in [2.05, 4.69) is 10.1 Å². The van der Waals surface area contributed by atoms with Crippen molar-refractivity contribution in [1.82, 2.24) is 9.78 Å². The molecule has 0 aliphatic carbocycles. The van der Waals surface area contributed by atoms with E-state index in [0.717, 1.165) is 11.4 Å². The Morgan fingerprint density at radius 2 is 1.88 bits per heavy atom. The molecule has 0 aliphatic rings. The van der Waals surface area contributed by atoms with Crippen molar-refractivity contribution in [2.24, 2.45) is 4.99 Å². The van der Waals surface area contributed by atoms with Crippen LogP contribution in [0.3, 0.4) is 0 Å². The first-order valence-electron chi connectivity index (χ1n) is 7.58. The number of hydrogen-bond acceptors (Lipinski definition) is 3. The Labute approximate surface area is 139 Å². The zero-order valence-electron chi connectivity index (χ0n) is 13.5. The Morgan fingerprint density at radius 1 is 1.12 bits per heavy atom. The highest BCUT2D eigenvalue weighted by molar-refractivity contribution is 5.95. The Kier molecular flexibility index (Phi) is 4.24. The number of H-pyrrole nitrogens is 1. The highest BCUT2D eigenvalue weighted by atomic mass is 16.1. The number of aromatic nitrogens is 2. The van der Waals surface area contributed by atoms with Gasteiger partial charge in [-0.3, -0.25) is 19.7 Å². The fourth-order valence-electron chi connectivity index (χ4n) is 2.41. The molecule has 24 heavy (non-hydrogen) atoms. The predicted octanol–water partition coefficient (Wildman–Crippen LogP) is 3.43. The average Bonchev–Trinajstić information content (AvgIpc) is 2.88. The van der Waals surface area contributed by atoms with E-state index in [9.17, 15) is 9.59 Å². The van der Waals surface area contributed by atoms with E-state index in [1.807, 2.05) is 37.3 Å². The van der Waals surface area contributed by atoms with Crippen molar-refractivity contribution in [3.8, 4) is 5.69 Å². The van der Waals surface area contributed by atoms with Crippen LogP contribution in [-0.4, -0.2) is 21.8 Å². The normalized spacial score (nSPS) is 11.1. The summed E-state index contributed by atoms with van der Waals surface area (Å²) in [6.07, 6.45) is 1.53. The van der Waals surface area contributed by atoms with Crippen LogP contribution in [-0.2, 0) is 0 Å². The zero-order valence-corrected chi connectivity index (χ0v) is 13.5. The van der Waals surface area contributed by atoms with Gasteiger partial charge >= 0.3 is 0 Å². The molecule has 3 aromatic rings. The van der Waals surface area contributed by atoms with Crippen molar-refractivity contribution in [2.75, 3.05) is 0 Å². The van der Waals surface area contributed by atoms with Crippen LogP contribution in [0.4, 0.5) is 5.69 Å². The van der Waals surface area contributed by atoms with Crippen LogP contribution in [0.1, 0.15) is 28.5 Å². The molecule has 0 atom stereocenters. The maximum atomic E-state index is 12.6. The molecule has 2 aromatic carbocycles. The lowest BCUT2D eigenvalue weighted by Gasteiger charge is -1.99. The summed E-state index contributed by atoms with van der Waals surface area (Å²) in [6, 6.07) is 16.4. The predicted molar refractivity (Wildman–Crippen MR) is 94.8 cm³/mol. The molecule has 5 heteroatoms. The molecule has 1 N–H and O–H groups in total. The number of aryl methyl sites for hydroxylation is 1. The highest BCUT2D eigenvalue weighted by Gasteiger charge is 2.10. The van der Waals surface area contributed by atoms with Crippen LogP contribution in [0.15, 0.2) is 64.4 Å². The van der Waals surface area contributed by atoms with Gasteiger partial charge in [0, 0.05) is 17.5 Å². The van der Waals surface area contributed by atoms with Gasteiger partial charge < -0.3 is 0 Å². The second-order valence-corrected chi connectivity index (χ2v) is 5.49. The number of benzene rings is 2. The third-order valence-electron chi connectivity index (χ3n) is 3.73. The Bertz CT molecular complexity index is 966. The van der Waals surface area contributed by atoms with Crippen molar-refractivity contribution < 1.29 is 4.79 Å². The molecule has 0 fully saturated rings. The molecule has 120 valence electrons. The molecule has 5 nitrogen and oxygen atoms in total. The molecule has 3 rings (SSSR count). The van der Waals surface area contributed by atoms with Gasteiger partial charge in [0.25, 0.3) is 5.56 Å². The second kappa shape index (κ2) is 6.50. The summed E-state index contributed by atoms with van der Waals surface area (Å²) in [5.74, 6) is -0.0173. The van der Waals surface area contributed by atoms with Crippen molar-refractivity contribution in [3.05, 3.63) is 81.8 Å². The summed E-state index contributed by atoms with van der Waals surface area (Å²) in [5, 5.41) is 3.05. The van der Waals surface area contributed by atoms with E-state index in [-0.39, 0.29) is 11.3 Å². The first-order chi connectivity index (χ1) is 11.6. The highest BCUT2D eigenvalue weighted by Crippen LogP contribution is 2.15. The van der Waals surface area contributed by atoms with E-state index in [1.54, 1.807) is 24.3 Å². The minimum Gasteiger partial charge on any atom is -0.295 e. The molecule has 1 aromatic heterocycles. The number of carbonyl (C=O) groups is 1. The maximum absolute atomic E-state index is 12.6. The molecule has 0 radical (unpaired) electrons. The SMILES string of the molecule is CC(=O)c1cccc(N=Cc2c(C)[nH]n(-c3ccccc3)c2=O)c1. The van der Waals surface area contributed by atoms with Crippen LogP contribution in [0, 0.1) is 6.92 Å². The van der Waals surface area contributed by atoms with E-state index < -0.39 is 0 Å². The lowest BCUT2D eigenvalue weighted by atomic mass is 10.1. The lowest BCUT2D eigenvalue weighted by molar-refractivity contribution is 0.101. The summed E-state index contributed by atoms with van der Waals surface area (Å²) in [7, 11) is 0. The quantitative estimate of drug-likeness (QED) is 0.591. The van der Waals surface area contributed by atoms with Gasteiger partial charge in [-0.1, -0.05) is 30.3 Å². The van der Waals surface area contributed by atoms with Crippen molar-refractivity contribution >= 4 is 17.7 Å². The van der Waals surface area contributed by atoms with Crippen molar-refractivity contribution in [1.29, 1.82) is 0 Å². The Balaban J connectivity index is 1.97. The summed E-state index contributed by atoms with van der Waals surface area (Å²) < 4.78 is 1.49. The number of nitrogens with zero attached hydrogens (tertiary/aromatic N) is 2. The summed E-state index contributed by atoms with van der Waals surface area (Å²) in [6.45, 7) is 3.34. The van der Waals surface area contributed by atoms with E-state index in [1.165, 1.54) is 17.8 Å². The van der Waals surface area contributed by atoms with Gasteiger partial charge in [0.1, 0.15) is 0 Å². The van der Waals surface area contributed by atoms with Gasteiger partial charge in [0.15, 0.2) is 5.78 Å². The molecule has 0 saturated carbocycles. The Hall–Kier alpha value is -3.21. The molecule has 0 aliphatic heterocycles. The van der Waals surface area contributed by atoms with Crippen LogP contribution in [0.5, 0.6) is 0 Å². The van der Waals surface area contributed by atoms with E-state index >= 15 is 0 Å². The number of aromatic amines is 1. The fourth-order valence-corrected chi connectivity index (χ4v) is 2.41. The molecular weight excluding hydrogens is 302 g/mol. The lowest BCUT2D eigenvalue weighted by Crippen LogP contribution is -2.17. The largest absolute Gasteiger partial charge is 0.295 e. The van der Waals surface area contributed by atoms with Crippen LogP contribution in [0.2, 0.25) is 0 Å². The van der Waals surface area contributed by atoms with Gasteiger partial charge in [-0.25, -0.2) is 4.68 Å². The van der Waals surface area contributed by atoms with Crippen molar-refractivity contribution in [3.63, 3.8) is 0 Å².